The molecule has 1 heterocycles. The van der Waals surface area contributed by atoms with E-state index in [1.807, 2.05) is 0 Å². The van der Waals surface area contributed by atoms with Gasteiger partial charge in [-0.3, -0.25) is 4.98 Å². The van der Waals surface area contributed by atoms with E-state index < -0.39 is 35.1 Å². The summed E-state index contributed by atoms with van der Waals surface area (Å²) in [6, 6.07) is 0.0286. The highest BCUT2D eigenvalue weighted by atomic mass is 19.4. The summed E-state index contributed by atoms with van der Waals surface area (Å²) in [6.45, 7) is 1.05. The van der Waals surface area contributed by atoms with Gasteiger partial charge in [0.15, 0.2) is 0 Å². The van der Waals surface area contributed by atoms with E-state index in [1.54, 1.807) is 0 Å². The quantitative estimate of drug-likeness (QED) is 0.619. The highest BCUT2D eigenvalue weighted by Crippen LogP contribution is 2.35. The maximum Gasteiger partial charge on any atom is 0.433 e. The van der Waals surface area contributed by atoms with Crippen molar-refractivity contribution >= 4 is 5.97 Å². The average molecular weight is 287 g/mol. The fraction of sp³-hybridized carbons (Fsp3) is 0.400. The molecule has 0 saturated carbocycles. The molecule has 0 radical (unpaired) electrons. The summed E-state index contributed by atoms with van der Waals surface area (Å²) < 4.78 is 79.0. The van der Waals surface area contributed by atoms with Crippen molar-refractivity contribution in [2.75, 3.05) is 6.61 Å². The van der Waals surface area contributed by atoms with Gasteiger partial charge in [0, 0.05) is 6.20 Å². The lowest BCUT2D eigenvalue weighted by Crippen LogP contribution is -2.18. The number of carbonyl (C=O) groups excluding carboxylic acids is 1. The summed E-state index contributed by atoms with van der Waals surface area (Å²) >= 11 is 0. The molecule has 0 atom stereocenters. The largest absolute Gasteiger partial charge is 0.462 e. The van der Waals surface area contributed by atoms with Gasteiger partial charge in [-0.1, -0.05) is 0 Å². The Morgan fingerprint density at radius 2 is 1.79 bits per heavy atom. The number of halogens is 6. The Bertz CT molecular complexity index is 480. The average Bonchev–Trinajstić information content (AvgIpc) is 2.26. The molecule has 0 spiro atoms. The van der Waals surface area contributed by atoms with Crippen LogP contribution in [0.25, 0.3) is 0 Å². The first-order chi connectivity index (χ1) is 8.57. The Morgan fingerprint density at radius 1 is 1.21 bits per heavy atom. The molecule has 0 N–H and O–H groups in total. The number of ether oxygens (including phenoxy) is 1. The number of nitrogens with zero attached hydrogens (tertiary/aromatic N) is 1. The zero-order valence-electron chi connectivity index (χ0n) is 9.39. The summed E-state index contributed by atoms with van der Waals surface area (Å²) in [5.74, 6) is -1.48. The molecule has 1 aromatic rings. The number of aromatic nitrogens is 1. The number of hydrogen-bond donors (Lipinski definition) is 0. The lowest BCUT2D eigenvalue weighted by Gasteiger charge is -2.13. The van der Waals surface area contributed by atoms with Gasteiger partial charge in [-0.2, -0.15) is 26.3 Å². The van der Waals surface area contributed by atoms with E-state index in [4.69, 9.17) is 0 Å². The third kappa shape index (κ3) is 3.58. The normalized spacial score (nSPS) is 12.4. The molecule has 0 saturated heterocycles. The Hall–Kier alpha value is -1.80. The van der Waals surface area contributed by atoms with Crippen molar-refractivity contribution < 1.29 is 35.9 Å². The first kappa shape index (κ1) is 15.3. The van der Waals surface area contributed by atoms with Gasteiger partial charge in [0.1, 0.15) is 5.69 Å². The molecule has 1 aromatic heterocycles. The first-order valence-electron chi connectivity index (χ1n) is 4.89. The molecule has 0 bridgehead atoms. The number of esters is 1. The fourth-order valence-electron chi connectivity index (χ4n) is 1.21. The van der Waals surface area contributed by atoms with Crippen LogP contribution in [-0.4, -0.2) is 17.6 Å². The van der Waals surface area contributed by atoms with Crippen molar-refractivity contribution in [3.63, 3.8) is 0 Å². The predicted octanol–water partition coefficient (Wildman–Crippen LogP) is 3.30. The van der Waals surface area contributed by atoms with Crippen LogP contribution in [-0.2, 0) is 17.1 Å². The molecule has 0 aliphatic carbocycles. The number of carbonyl (C=O) groups is 1. The van der Waals surface area contributed by atoms with Gasteiger partial charge in [0.2, 0.25) is 0 Å². The minimum Gasteiger partial charge on any atom is -0.462 e. The van der Waals surface area contributed by atoms with Gasteiger partial charge >= 0.3 is 18.3 Å². The zero-order valence-corrected chi connectivity index (χ0v) is 9.39. The van der Waals surface area contributed by atoms with Gasteiger partial charge < -0.3 is 4.74 Å². The van der Waals surface area contributed by atoms with Gasteiger partial charge in [-0.15, -0.1) is 0 Å². The molecule has 106 valence electrons. The van der Waals surface area contributed by atoms with Crippen molar-refractivity contribution in [3.8, 4) is 0 Å². The second-order valence-corrected chi connectivity index (χ2v) is 3.33. The molecule has 0 unspecified atom stereocenters. The second-order valence-electron chi connectivity index (χ2n) is 3.33. The Labute approximate surface area is 103 Å². The van der Waals surface area contributed by atoms with E-state index in [0.717, 1.165) is 0 Å². The van der Waals surface area contributed by atoms with Crippen LogP contribution in [0.5, 0.6) is 0 Å². The van der Waals surface area contributed by atoms with E-state index in [-0.39, 0.29) is 18.9 Å². The molecule has 0 amide bonds. The SMILES string of the molecule is CCOC(=O)c1cc(C(F)(F)F)ncc1C(F)(F)F. The molecule has 0 aliphatic heterocycles. The molecule has 0 aromatic carbocycles. The summed E-state index contributed by atoms with van der Waals surface area (Å²) in [6.07, 6.45) is -9.99. The van der Waals surface area contributed by atoms with Gasteiger partial charge in [0.25, 0.3) is 0 Å². The third-order valence-corrected chi connectivity index (χ3v) is 2.00. The van der Waals surface area contributed by atoms with Crippen molar-refractivity contribution in [1.82, 2.24) is 4.98 Å². The first-order valence-corrected chi connectivity index (χ1v) is 4.89. The monoisotopic (exact) mass is 287 g/mol. The molecule has 0 fully saturated rings. The Balaban J connectivity index is 3.39. The fourth-order valence-corrected chi connectivity index (χ4v) is 1.21. The molecule has 1 rings (SSSR count). The van der Waals surface area contributed by atoms with Crippen LogP contribution >= 0.6 is 0 Å². The van der Waals surface area contributed by atoms with Crippen molar-refractivity contribution in [2.24, 2.45) is 0 Å². The highest BCUT2D eigenvalue weighted by Gasteiger charge is 2.40. The third-order valence-electron chi connectivity index (χ3n) is 2.00. The molecule has 9 heteroatoms. The minimum atomic E-state index is -5.00. The van der Waals surface area contributed by atoms with Crippen LogP contribution in [0, 0.1) is 0 Å². The van der Waals surface area contributed by atoms with Crippen LogP contribution in [0.1, 0.15) is 28.5 Å². The molecule has 3 nitrogen and oxygen atoms in total. The van der Waals surface area contributed by atoms with E-state index in [9.17, 15) is 31.1 Å². The van der Waals surface area contributed by atoms with Gasteiger partial charge in [-0.05, 0) is 13.0 Å². The maximum absolute atomic E-state index is 12.5. The van der Waals surface area contributed by atoms with Gasteiger partial charge in [0.05, 0.1) is 17.7 Å². The Kier molecular flexibility index (Phi) is 4.06. The zero-order chi connectivity index (χ0) is 14.8. The summed E-state index contributed by atoms with van der Waals surface area (Å²) in [5, 5.41) is 0. The van der Waals surface area contributed by atoms with Gasteiger partial charge in [-0.25, -0.2) is 4.79 Å². The van der Waals surface area contributed by atoms with Crippen LogP contribution in [0.3, 0.4) is 0 Å². The van der Waals surface area contributed by atoms with Crippen LogP contribution < -0.4 is 0 Å². The second kappa shape index (κ2) is 5.06. The number of pyridine rings is 1. The number of alkyl halides is 6. The van der Waals surface area contributed by atoms with Crippen LogP contribution in [0.2, 0.25) is 0 Å². The molecule has 0 aliphatic rings. The lowest BCUT2D eigenvalue weighted by molar-refractivity contribution is -0.144. The van der Waals surface area contributed by atoms with E-state index in [2.05, 4.69) is 9.72 Å². The smallest absolute Gasteiger partial charge is 0.433 e. The van der Waals surface area contributed by atoms with E-state index in [0.29, 0.717) is 0 Å². The van der Waals surface area contributed by atoms with Crippen molar-refractivity contribution in [2.45, 2.75) is 19.3 Å². The van der Waals surface area contributed by atoms with Crippen LogP contribution in [0.4, 0.5) is 26.3 Å². The summed E-state index contributed by atoms with van der Waals surface area (Å²) in [7, 11) is 0. The predicted molar refractivity (Wildman–Crippen MR) is 50.2 cm³/mol. The standard InChI is InChI=1S/C10H7F6NO2/c1-2-19-8(18)5-3-7(10(14,15)16)17-4-6(5)9(11,12)13/h3-4H,2H2,1H3. The summed E-state index contributed by atoms with van der Waals surface area (Å²) in [4.78, 5) is 13.9. The minimum absolute atomic E-state index is 0.0286. The Morgan fingerprint density at radius 3 is 2.21 bits per heavy atom. The lowest BCUT2D eigenvalue weighted by atomic mass is 10.1. The van der Waals surface area contributed by atoms with Crippen LogP contribution in [0.15, 0.2) is 12.3 Å². The topological polar surface area (TPSA) is 39.2 Å². The number of rotatable bonds is 2. The summed E-state index contributed by atoms with van der Waals surface area (Å²) in [5.41, 5.74) is -4.38. The van der Waals surface area contributed by atoms with Crippen molar-refractivity contribution in [1.29, 1.82) is 0 Å². The van der Waals surface area contributed by atoms with E-state index >= 15 is 0 Å². The number of hydrogen-bond acceptors (Lipinski definition) is 3. The van der Waals surface area contributed by atoms with E-state index in [1.165, 1.54) is 6.92 Å². The molecular weight excluding hydrogens is 280 g/mol. The maximum atomic E-state index is 12.5. The highest BCUT2D eigenvalue weighted by molar-refractivity contribution is 5.91. The van der Waals surface area contributed by atoms with Crippen molar-refractivity contribution in [3.05, 3.63) is 29.1 Å². The molecular formula is C10H7F6NO2. The molecule has 19 heavy (non-hydrogen) atoms.